The Morgan fingerprint density at radius 1 is 0.250 bits per heavy atom. The second kappa shape index (κ2) is 13.0. The molecule has 6 nitrogen and oxygen atoms in total. The molecule has 0 atom stereocenters. The zero-order valence-electron chi connectivity index (χ0n) is 25.8. The van der Waals surface area contributed by atoms with Crippen LogP contribution in [-0.2, 0) is 0 Å². The van der Waals surface area contributed by atoms with Crippen molar-refractivity contribution in [2.75, 3.05) is 0 Å². The van der Waals surface area contributed by atoms with Crippen molar-refractivity contribution in [3.8, 4) is 79.2 Å². The Morgan fingerprint density at radius 3 is 1.35 bits per heavy atom. The van der Waals surface area contributed by atoms with Gasteiger partial charge in [-0.25, -0.2) is 19.9 Å². The fourth-order valence-electron chi connectivity index (χ4n) is 5.63. The van der Waals surface area contributed by atoms with Crippen LogP contribution in [0.5, 0.6) is 0 Å². The van der Waals surface area contributed by atoms with E-state index in [1.54, 1.807) is 6.20 Å². The quantitative estimate of drug-likeness (QED) is 0.177. The number of pyridine rings is 3. The third kappa shape index (κ3) is 6.10. The molecule has 8 rings (SSSR count). The number of hydrogen-bond donors (Lipinski definition) is 0. The third-order valence-corrected chi connectivity index (χ3v) is 8.04. The van der Waals surface area contributed by atoms with Crippen LogP contribution in [0.4, 0.5) is 0 Å². The van der Waals surface area contributed by atoms with E-state index in [0.29, 0.717) is 17.5 Å². The van der Waals surface area contributed by atoms with Gasteiger partial charge in [0.05, 0.1) is 22.8 Å². The van der Waals surface area contributed by atoms with Gasteiger partial charge in [-0.3, -0.25) is 9.97 Å². The Bertz CT molecular complexity index is 2040. The number of benzene rings is 4. The molecule has 48 heavy (non-hydrogen) atoms. The molecule has 0 aliphatic heterocycles. The molecule has 0 amide bonds. The van der Waals surface area contributed by atoms with Crippen molar-refractivity contribution in [2.45, 2.75) is 0 Å². The molecule has 0 radical (unpaired) electrons. The van der Waals surface area contributed by atoms with Crippen LogP contribution < -0.4 is 0 Å². The molecule has 0 saturated carbocycles. The van der Waals surface area contributed by atoms with E-state index in [1.807, 2.05) is 121 Å². The standard InChI is InChI=1S/C42H28N6/c1-4-13-29(14-5-1)35-27-38(36-21-10-11-23-43-36)45-39(28-35)37-26-33(22-24-44-37)32-19-12-20-34(25-32)42-47-40(30-15-6-2-7-16-30)46-41(48-42)31-17-8-3-9-18-31/h1-28H. The third-order valence-electron chi connectivity index (χ3n) is 8.04. The van der Waals surface area contributed by atoms with Crippen molar-refractivity contribution in [1.82, 2.24) is 29.9 Å². The van der Waals surface area contributed by atoms with E-state index in [9.17, 15) is 0 Å². The summed E-state index contributed by atoms with van der Waals surface area (Å²) in [6.45, 7) is 0. The molecule has 0 aliphatic rings. The molecular formula is C42H28N6. The average molecular weight is 617 g/mol. The summed E-state index contributed by atoms with van der Waals surface area (Å²) in [5.74, 6) is 1.87. The highest BCUT2D eigenvalue weighted by Gasteiger charge is 2.14. The van der Waals surface area contributed by atoms with E-state index in [-0.39, 0.29) is 0 Å². The van der Waals surface area contributed by atoms with Gasteiger partial charge in [0, 0.05) is 29.1 Å². The minimum absolute atomic E-state index is 0.607. The summed E-state index contributed by atoms with van der Waals surface area (Å²) in [5, 5.41) is 0. The SMILES string of the molecule is c1ccc(-c2cc(-c3ccccn3)nc(-c3cc(-c4cccc(-c5nc(-c6ccccc6)nc(-c6ccccc6)n5)c4)ccn3)c2)cc1. The summed E-state index contributed by atoms with van der Waals surface area (Å²) >= 11 is 0. The van der Waals surface area contributed by atoms with Crippen molar-refractivity contribution in [3.63, 3.8) is 0 Å². The first kappa shape index (κ1) is 28.8. The molecule has 0 bridgehead atoms. The Balaban J connectivity index is 1.21. The van der Waals surface area contributed by atoms with Crippen molar-refractivity contribution in [2.24, 2.45) is 0 Å². The van der Waals surface area contributed by atoms with Crippen LogP contribution in [0.15, 0.2) is 170 Å². The van der Waals surface area contributed by atoms with Gasteiger partial charge in [-0.2, -0.15) is 0 Å². The van der Waals surface area contributed by atoms with E-state index in [4.69, 9.17) is 24.9 Å². The minimum Gasteiger partial charge on any atom is -0.255 e. The van der Waals surface area contributed by atoms with Crippen molar-refractivity contribution >= 4 is 0 Å². The first-order valence-corrected chi connectivity index (χ1v) is 15.7. The number of rotatable bonds is 7. The molecule has 0 aliphatic carbocycles. The second-order valence-corrected chi connectivity index (χ2v) is 11.3. The number of nitrogens with zero attached hydrogens (tertiary/aromatic N) is 6. The van der Waals surface area contributed by atoms with Gasteiger partial charge in [-0.05, 0) is 64.7 Å². The van der Waals surface area contributed by atoms with Crippen LogP contribution in [0.1, 0.15) is 0 Å². The van der Waals surface area contributed by atoms with Gasteiger partial charge >= 0.3 is 0 Å². The van der Waals surface area contributed by atoms with Crippen LogP contribution >= 0.6 is 0 Å². The smallest absolute Gasteiger partial charge is 0.164 e. The lowest BCUT2D eigenvalue weighted by Gasteiger charge is -2.11. The van der Waals surface area contributed by atoms with Crippen LogP contribution in [0, 0.1) is 0 Å². The predicted octanol–water partition coefficient (Wildman–Crippen LogP) is 9.73. The lowest BCUT2D eigenvalue weighted by atomic mass is 10.0. The Kier molecular flexibility index (Phi) is 7.79. The number of hydrogen-bond acceptors (Lipinski definition) is 6. The molecular weight excluding hydrogens is 589 g/mol. The van der Waals surface area contributed by atoms with Gasteiger partial charge < -0.3 is 0 Å². The summed E-state index contributed by atoms with van der Waals surface area (Å²) < 4.78 is 0. The van der Waals surface area contributed by atoms with E-state index >= 15 is 0 Å². The first-order valence-electron chi connectivity index (χ1n) is 15.7. The lowest BCUT2D eigenvalue weighted by molar-refractivity contribution is 1.07. The molecule has 6 heteroatoms. The Morgan fingerprint density at radius 2 is 0.729 bits per heavy atom. The van der Waals surface area contributed by atoms with Crippen molar-refractivity contribution in [3.05, 3.63) is 170 Å². The van der Waals surface area contributed by atoms with E-state index in [0.717, 1.165) is 61.7 Å². The monoisotopic (exact) mass is 616 g/mol. The maximum Gasteiger partial charge on any atom is 0.164 e. The van der Waals surface area contributed by atoms with Gasteiger partial charge in [-0.15, -0.1) is 0 Å². The summed E-state index contributed by atoms with van der Waals surface area (Å²) in [6.07, 6.45) is 3.62. The molecule has 8 aromatic rings. The maximum atomic E-state index is 5.02. The van der Waals surface area contributed by atoms with Crippen LogP contribution in [0.3, 0.4) is 0 Å². The van der Waals surface area contributed by atoms with Gasteiger partial charge in [0.1, 0.15) is 0 Å². The van der Waals surface area contributed by atoms with Crippen LogP contribution in [-0.4, -0.2) is 29.9 Å². The molecule has 0 N–H and O–H groups in total. The highest BCUT2D eigenvalue weighted by Crippen LogP contribution is 2.32. The van der Waals surface area contributed by atoms with Crippen LogP contribution in [0.2, 0.25) is 0 Å². The van der Waals surface area contributed by atoms with Gasteiger partial charge in [-0.1, -0.05) is 115 Å². The van der Waals surface area contributed by atoms with E-state index < -0.39 is 0 Å². The molecule has 0 spiro atoms. The zero-order valence-corrected chi connectivity index (χ0v) is 25.8. The number of aromatic nitrogens is 6. The largest absolute Gasteiger partial charge is 0.255 e. The lowest BCUT2D eigenvalue weighted by Crippen LogP contribution is -2.00. The minimum atomic E-state index is 0.607. The molecule has 226 valence electrons. The zero-order chi connectivity index (χ0) is 32.1. The molecule has 0 saturated heterocycles. The first-order chi connectivity index (χ1) is 23.8. The summed E-state index contributed by atoms with van der Waals surface area (Å²) in [7, 11) is 0. The normalized spacial score (nSPS) is 10.9. The molecule has 4 aromatic carbocycles. The topological polar surface area (TPSA) is 77.3 Å². The molecule has 0 unspecified atom stereocenters. The summed E-state index contributed by atoms with van der Waals surface area (Å²) in [6, 6.07) is 52.7. The maximum absolute atomic E-state index is 5.02. The van der Waals surface area contributed by atoms with Gasteiger partial charge in [0.25, 0.3) is 0 Å². The fourth-order valence-corrected chi connectivity index (χ4v) is 5.63. The van der Waals surface area contributed by atoms with Crippen molar-refractivity contribution in [1.29, 1.82) is 0 Å². The van der Waals surface area contributed by atoms with Crippen LogP contribution in [0.25, 0.3) is 79.2 Å². The van der Waals surface area contributed by atoms with E-state index in [2.05, 4.69) is 47.4 Å². The summed E-state index contributed by atoms with van der Waals surface area (Å²) in [5.41, 5.74) is 10.1. The average Bonchev–Trinajstić information content (AvgIpc) is 3.19. The Labute approximate surface area is 278 Å². The van der Waals surface area contributed by atoms with Gasteiger partial charge in [0.15, 0.2) is 17.5 Å². The molecule has 4 aromatic heterocycles. The molecule has 4 heterocycles. The highest BCUT2D eigenvalue weighted by atomic mass is 15.0. The fraction of sp³-hybridized carbons (Fsp3) is 0. The molecule has 0 fully saturated rings. The second-order valence-electron chi connectivity index (χ2n) is 11.3. The highest BCUT2D eigenvalue weighted by molar-refractivity contribution is 5.78. The van der Waals surface area contributed by atoms with E-state index in [1.165, 1.54) is 0 Å². The summed E-state index contributed by atoms with van der Waals surface area (Å²) in [4.78, 5) is 29.1. The predicted molar refractivity (Wildman–Crippen MR) is 191 cm³/mol. The Hall–Kier alpha value is -6.66. The van der Waals surface area contributed by atoms with Gasteiger partial charge in [0.2, 0.25) is 0 Å². The van der Waals surface area contributed by atoms with Crippen molar-refractivity contribution < 1.29 is 0 Å².